The molecule has 27 heavy (non-hydrogen) atoms. The minimum Gasteiger partial charge on any atom is -0.393 e. The molecule has 0 spiro atoms. The molecule has 2 nitrogen and oxygen atoms in total. The van der Waals surface area contributed by atoms with Crippen LogP contribution in [-0.4, -0.2) is 22.4 Å². The Morgan fingerprint density at radius 3 is 2.33 bits per heavy atom. The van der Waals surface area contributed by atoms with Gasteiger partial charge in [-0.05, 0) is 73.5 Å². The van der Waals surface area contributed by atoms with Crippen LogP contribution in [0.25, 0.3) is 0 Å². The summed E-state index contributed by atoms with van der Waals surface area (Å²) in [5.41, 5.74) is 4.01. The first-order valence-electron chi connectivity index (χ1n) is 10.6. The lowest BCUT2D eigenvalue weighted by molar-refractivity contribution is 0.122. The third kappa shape index (κ3) is 3.70. The average molecular weight is 365 g/mol. The summed E-state index contributed by atoms with van der Waals surface area (Å²) in [6, 6.07) is 19.6. The predicted octanol–water partition coefficient (Wildman–Crippen LogP) is 4.98. The van der Waals surface area contributed by atoms with Crippen molar-refractivity contribution in [3.8, 4) is 0 Å². The lowest BCUT2D eigenvalue weighted by Crippen LogP contribution is -2.25. The maximum atomic E-state index is 10.6. The molecule has 4 atom stereocenters. The van der Waals surface area contributed by atoms with Gasteiger partial charge >= 0.3 is 0 Å². The van der Waals surface area contributed by atoms with Crippen molar-refractivity contribution in [2.45, 2.75) is 75.4 Å². The quantitative estimate of drug-likeness (QED) is 0.728. The molecular formula is C25H32O2. The van der Waals surface area contributed by atoms with E-state index in [1.54, 1.807) is 0 Å². The second-order valence-electron chi connectivity index (χ2n) is 8.64. The zero-order valence-corrected chi connectivity index (χ0v) is 16.3. The van der Waals surface area contributed by atoms with Crippen LogP contribution >= 0.6 is 0 Å². The van der Waals surface area contributed by atoms with E-state index in [4.69, 9.17) is 0 Å². The topological polar surface area (TPSA) is 40.5 Å². The lowest BCUT2D eigenvalue weighted by atomic mass is 9.82. The summed E-state index contributed by atoms with van der Waals surface area (Å²) in [4.78, 5) is 0. The Morgan fingerprint density at radius 2 is 1.70 bits per heavy atom. The fourth-order valence-corrected chi connectivity index (χ4v) is 5.23. The summed E-state index contributed by atoms with van der Waals surface area (Å²) in [6.07, 6.45) is 6.65. The smallest absolute Gasteiger partial charge is 0.0634 e. The van der Waals surface area contributed by atoms with Gasteiger partial charge in [0.2, 0.25) is 0 Å². The maximum absolute atomic E-state index is 10.6. The highest BCUT2D eigenvalue weighted by atomic mass is 16.3. The van der Waals surface area contributed by atoms with E-state index in [9.17, 15) is 10.2 Å². The van der Waals surface area contributed by atoms with Crippen molar-refractivity contribution in [3.63, 3.8) is 0 Å². The molecule has 2 N–H and O–H groups in total. The minimum atomic E-state index is -0.227. The zero-order valence-electron chi connectivity index (χ0n) is 16.3. The highest BCUT2D eigenvalue weighted by molar-refractivity contribution is 5.37. The van der Waals surface area contributed by atoms with E-state index in [-0.39, 0.29) is 17.6 Å². The Hall–Kier alpha value is -1.64. The maximum Gasteiger partial charge on any atom is 0.0634 e. The molecule has 2 aliphatic carbocycles. The Bertz CT molecular complexity index is 733. The fourth-order valence-electron chi connectivity index (χ4n) is 5.23. The Morgan fingerprint density at radius 1 is 1.00 bits per heavy atom. The molecule has 144 valence electrons. The Labute approximate surface area is 163 Å². The molecule has 0 bridgehead atoms. The summed E-state index contributed by atoms with van der Waals surface area (Å²) in [5.74, 6) is 0.788. The van der Waals surface area contributed by atoms with Crippen LogP contribution in [0.3, 0.4) is 0 Å². The fraction of sp³-hybridized carbons (Fsp3) is 0.520. The molecular weight excluding hydrogens is 332 g/mol. The van der Waals surface area contributed by atoms with Gasteiger partial charge in [0.05, 0.1) is 12.2 Å². The van der Waals surface area contributed by atoms with Crippen molar-refractivity contribution in [2.75, 3.05) is 0 Å². The molecule has 4 unspecified atom stereocenters. The normalized spacial score (nSPS) is 27.4. The Balaban J connectivity index is 1.47. The number of aliphatic hydroxyl groups excluding tert-OH is 2. The number of rotatable bonds is 7. The molecule has 0 heterocycles. The molecule has 4 rings (SSSR count). The third-order valence-electron chi connectivity index (χ3n) is 7.12. The van der Waals surface area contributed by atoms with Crippen molar-refractivity contribution >= 4 is 0 Å². The van der Waals surface area contributed by atoms with E-state index < -0.39 is 0 Å². The van der Waals surface area contributed by atoms with Gasteiger partial charge in [-0.2, -0.15) is 0 Å². The molecule has 0 aliphatic heterocycles. The number of aryl methyl sites for hydroxylation is 1. The SMILES string of the molecule is CCC(O)C1(c2ccc(C3CCC(O)C3CCc3ccccc3)cc2)CC1. The van der Waals surface area contributed by atoms with Crippen LogP contribution in [0, 0.1) is 5.92 Å². The second kappa shape index (κ2) is 7.77. The molecule has 2 aromatic rings. The summed E-state index contributed by atoms with van der Waals surface area (Å²) in [7, 11) is 0. The summed E-state index contributed by atoms with van der Waals surface area (Å²) in [6.45, 7) is 2.07. The van der Waals surface area contributed by atoms with Crippen molar-refractivity contribution in [1.82, 2.24) is 0 Å². The van der Waals surface area contributed by atoms with Gasteiger partial charge in [-0.25, -0.2) is 0 Å². The van der Waals surface area contributed by atoms with Crippen LogP contribution in [0.2, 0.25) is 0 Å². The van der Waals surface area contributed by atoms with Crippen molar-refractivity contribution in [1.29, 1.82) is 0 Å². The van der Waals surface area contributed by atoms with Crippen LogP contribution in [0.4, 0.5) is 0 Å². The van der Waals surface area contributed by atoms with Gasteiger partial charge in [0.25, 0.3) is 0 Å². The van der Waals surface area contributed by atoms with E-state index in [0.717, 1.165) is 44.9 Å². The molecule has 2 fully saturated rings. The summed E-state index contributed by atoms with van der Waals surface area (Å²) >= 11 is 0. The molecule has 2 aliphatic rings. The lowest BCUT2D eigenvalue weighted by Gasteiger charge is -2.25. The molecule has 2 aromatic carbocycles. The third-order valence-corrected chi connectivity index (χ3v) is 7.12. The largest absolute Gasteiger partial charge is 0.393 e. The minimum absolute atomic E-state index is 0.00911. The van der Waals surface area contributed by atoms with Crippen molar-refractivity contribution in [3.05, 3.63) is 71.3 Å². The molecule has 0 aromatic heterocycles. The van der Waals surface area contributed by atoms with Gasteiger partial charge in [-0.1, -0.05) is 61.5 Å². The monoisotopic (exact) mass is 364 g/mol. The molecule has 2 saturated carbocycles. The molecule has 0 saturated heterocycles. The van der Waals surface area contributed by atoms with Crippen LogP contribution in [0.15, 0.2) is 54.6 Å². The number of hydrogen-bond donors (Lipinski definition) is 2. The van der Waals surface area contributed by atoms with E-state index in [0.29, 0.717) is 11.8 Å². The van der Waals surface area contributed by atoms with Crippen molar-refractivity contribution in [2.24, 2.45) is 5.92 Å². The first-order valence-corrected chi connectivity index (χ1v) is 10.6. The second-order valence-corrected chi connectivity index (χ2v) is 8.64. The summed E-state index contributed by atoms with van der Waals surface area (Å²) < 4.78 is 0. The van der Waals surface area contributed by atoms with Gasteiger partial charge in [-0.15, -0.1) is 0 Å². The van der Waals surface area contributed by atoms with E-state index in [2.05, 4.69) is 61.5 Å². The first-order chi connectivity index (χ1) is 13.1. The van der Waals surface area contributed by atoms with Gasteiger partial charge in [0, 0.05) is 5.41 Å². The van der Waals surface area contributed by atoms with Crippen molar-refractivity contribution < 1.29 is 10.2 Å². The van der Waals surface area contributed by atoms with Crippen LogP contribution in [0.1, 0.15) is 68.1 Å². The average Bonchev–Trinajstić information content (AvgIpc) is 3.45. The highest BCUT2D eigenvalue weighted by Crippen LogP contribution is 2.52. The predicted molar refractivity (Wildman–Crippen MR) is 110 cm³/mol. The van der Waals surface area contributed by atoms with Crippen LogP contribution < -0.4 is 0 Å². The number of aliphatic hydroxyl groups is 2. The zero-order chi connectivity index (χ0) is 18.9. The van der Waals surface area contributed by atoms with Gasteiger partial charge in [0.1, 0.15) is 0 Å². The van der Waals surface area contributed by atoms with Crippen LogP contribution in [-0.2, 0) is 11.8 Å². The number of hydrogen-bond acceptors (Lipinski definition) is 2. The van der Waals surface area contributed by atoms with Gasteiger partial charge in [-0.3, -0.25) is 0 Å². The number of benzene rings is 2. The van der Waals surface area contributed by atoms with Gasteiger partial charge < -0.3 is 10.2 Å². The molecule has 2 heteroatoms. The van der Waals surface area contributed by atoms with Gasteiger partial charge in [0.15, 0.2) is 0 Å². The van der Waals surface area contributed by atoms with Crippen LogP contribution in [0.5, 0.6) is 0 Å². The summed E-state index contributed by atoms with van der Waals surface area (Å²) in [5, 5.41) is 21.0. The van der Waals surface area contributed by atoms with E-state index >= 15 is 0 Å². The molecule has 0 amide bonds. The van der Waals surface area contributed by atoms with E-state index in [1.807, 2.05) is 0 Å². The standard InChI is InChI=1S/C25H32O2/c1-2-24(27)25(16-17-25)20-11-9-19(10-12-20)21-14-15-23(26)22(21)13-8-18-6-4-3-5-7-18/h3-7,9-12,21-24,26-27H,2,8,13-17H2,1H3. The Kier molecular flexibility index (Phi) is 5.39. The first kappa shape index (κ1) is 18.7. The highest BCUT2D eigenvalue weighted by Gasteiger charge is 2.49. The van der Waals surface area contributed by atoms with E-state index in [1.165, 1.54) is 16.7 Å². The molecule has 0 radical (unpaired) electrons.